The van der Waals surface area contributed by atoms with Crippen LogP contribution in [0, 0.1) is 0 Å². The summed E-state index contributed by atoms with van der Waals surface area (Å²) < 4.78 is 23.1. The highest BCUT2D eigenvalue weighted by Crippen LogP contribution is 2.11. The van der Waals surface area contributed by atoms with Gasteiger partial charge in [-0.1, -0.05) is 43.7 Å². The third kappa shape index (κ3) is 10.3. The predicted molar refractivity (Wildman–Crippen MR) is 123 cm³/mol. The van der Waals surface area contributed by atoms with E-state index in [1.807, 2.05) is 44.2 Å². The zero-order valence-corrected chi connectivity index (χ0v) is 20.0. The molecule has 0 aliphatic carbocycles. The van der Waals surface area contributed by atoms with Crippen LogP contribution in [0.4, 0.5) is 0 Å². The van der Waals surface area contributed by atoms with Crippen LogP contribution < -0.4 is 21.3 Å². The predicted octanol–water partition coefficient (Wildman–Crippen LogP) is -1.16. The van der Waals surface area contributed by atoms with E-state index in [4.69, 9.17) is 0 Å². The highest BCUT2D eigenvalue weighted by molar-refractivity contribution is 7.90. The number of benzene rings is 1. The highest BCUT2D eigenvalue weighted by atomic mass is 32.2. The van der Waals surface area contributed by atoms with E-state index in [2.05, 4.69) is 21.3 Å². The zero-order valence-electron chi connectivity index (χ0n) is 19.2. The van der Waals surface area contributed by atoms with E-state index in [1.54, 1.807) is 0 Å². The molecule has 0 fully saturated rings. The van der Waals surface area contributed by atoms with Gasteiger partial charge in [0.1, 0.15) is 28.4 Å². The first kappa shape index (κ1) is 28.4. The number of hydrogen-bond donors (Lipinski definition) is 7. The molecule has 1 rings (SSSR count). The lowest BCUT2D eigenvalue weighted by molar-refractivity contribution is -0.132. The lowest BCUT2D eigenvalue weighted by Gasteiger charge is -2.30. The summed E-state index contributed by atoms with van der Waals surface area (Å²) in [7, 11) is -1.84. The molecule has 0 spiro atoms. The van der Waals surface area contributed by atoms with Crippen LogP contribution in [0.25, 0.3) is 0 Å². The van der Waals surface area contributed by atoms with Crippen molar-refractivity contribution in [2.75, 3.05) is 25.6 Å². The third-order valence-electron chi connectivity index (χ3n) is 5.08. The number of hydrogen-bond acceptors (Lipinski definition) is 9. The van der Waals surface area contributed by atoms with Crippen LogP contribution in [0.2, 0.25) is 0 Å². The third-order valence-corrected chi connectivity index (χ3v) is 6.04. The summed E-state index contributed by atoms with van der Waals surface area (Å²) in [5, 5.41) is 42.0. The first-order valence-electron chi connectivity index (χ1n) is 10.7. The van der Waals surface area contributed by atoms with Gasteiger partial charge in [0, 0.05) is 18.3 Å². The molecule has 0 saturated heterocycles. The summed E-state index contributed by atoms with van der Waals surface area (Å²) >= 11 is 0. The number of aliphatic hydroxyl groups is 3. The summed E-state index contributed by atoms with van der Waals surface area (Å²) in [5.74, 6) is -1.02. The molecule has 11 heteroatoms. The quantitative estimate of drug-likeness (QED) is 0.156. The molecule has 32 heavy (non-hydrogen) atoms. The number of carbonyl (C=O) groups is 1. The largest absolute Gasteiger partial charge is 0.382 e. The van der Waals surface area contributed by atoms with Crippen molar-refractivity contribution in [3.63, 3.8) is 0 Å². The van der Waals surface area contributed by atoms with Crippen LogP contribution in [0.1, 0.15) is 38.3 Å². The van der Waals surface area contributed by atoms with Gasteiger partial charge in [-0.05, 0) is 26.0 Å². The van der Waals surface area contributed by atoms with Gasteiger partial charge in [-0.3, -0.25) is 15.4 Å². The number of sulfone groups is 1. The average molecular weight is 475 g/mol. The molecule has 1 aromatic rings. The van der Waals surface area contributed by atoms with Crippen molar-refractivity contribution in [3.8, 4) is 0 Å². The first-order valence-corrected chi connectivity index (χ1v) is 12.8. The molecule has 0 heterocycles. The van der Waals surface area contributed by atoms with Gasteiger partial charge in [0.2, 0.25) is 0 Å². The number of amides is 1. The van der Waals surface area contributed by atoms with Crippen LogP contribution in [-0.2, 0) is 14.6 Å². The smallest absolute Gasteiger partial charge is 0.250 e. The summed E-state index contributed by atoms with van der Waals surface area (Å²) in [6.07, 6.45) is -1.79. The molecule has 7 N–H and O–H groups in total. The lowest BCUT2D eigenvalue weighted by atomic mass is 10.0. The number of rotatable bonds is 15. The molecule has 0 aliphatic heterocycles. The summed E-state index contributed by atoms with van der Waals surface area (Å²) in [5.41, 5.74) is 0.979. The Morgan fingerprint density at radius 1 is 1.06 bits per heavy atom. The molecule has 3 unspecified atom stereocenters. The van der Waals surface area contributed by atoms with Crippen LogP contribution in [-0.4, -0.2) is 85.9 Å². The van der Waals surface area contributed by atoms with Crippen molar-refractivity contribution >= 4 is 15.7 Å². The Bertz CT molecular complexity index is 780. The summed E-state index contributed by atoms with van der Waals surface area (Å²) in [6.45, 7) is 3.62. The van der Waals surface area contributed by atoms with Gasteiger partial charge in [0.05, 0.1) is 18.3 Å². The molecule has 1 aromatic carbocycles. The number of likely N-dealkylation sites (N-methyl/N-ethyl adjacent to an activating group) is 1. The molecule has 6 atom stereocenters. The second-order valence-electron chi connectivity index (χ2n) is 8.00. The van der Waals surface area contributed by atoms with Crippen molar-refractivity contribution < 1.29 is 28.5 Å². The Balaban J connectivity index is 2.63. The van der Waals surface area contributed by atoms with Crippen molar-refractivity contribution in [2.45, 2.75) is 63.4 Å². The molecule has 10 nitrogen and oxygen atoms in total. The van der Waals surface area contributed by atoms with Crippen molar-refractivity contribution in [3.05, 3.63) is 35.9 Å². The SMILES string of the molecule is CCCC(N[C@@H](O)C(CS(C)(=O)=O)NC)C(O)C(=O)NC[C@@H](O)N[C@H](C)c1ccccc1. The fraction of sp³-hybridized carbons (Fsp3) is 0.667. The van der Waals surface area contributed by atoms with Gasteiger partial charge < -0.3 is 26.0 Å². The minimum atomic E-state index is -3.35. The van der Waals surface area contributed by atoms with Crippen molar-refractivity contribution in [2.24, 2.45) is 0 Å². The van der Waals surface area contributed by atoms with Gasteiger partial charge in [0.25, 0.3) is 5.91 Å². The molecule has 1 amide bonds. The standard InChI is InChI=1S/C21H38N4O6S/c1-5-9-16(25-20(28)17(22-3)13-32(4,30)31)19(27)21(29)23-12-18(26)24-14(2)15-10-7-6-8-11-15/h6-8,10-11,14,16-20,22,24-28H,5,9,12-13H2,1-4H3,(H,23,29)/t14-,16?,17?,18-,19?,20+/m1/s1. The molecule has 0 saturated carbocycles. The molecule has 0 bridgehead atoms. The monoisotopic (exact) mass is 474 g/mol. The Labute approximate surface area is 190 Å². The minimum absolute atomic E-state index is 0.123. The van der Waals surface area contributed by atoms with Crippen LogP contribution in [0.5, 0.6) is 0 Å². The second-order valence-corrected chi connectivity index (χ2v) is 10.2. The Hall–Kier alpha value is -1.60. The molecule has 184 valence electrons. The van der Waals surface area contributed by atoms with E-state index in [0.717, 1.165) is 11.8 Å². The molecular formula is C21H38N4O6S. The first-order chi connectivity index (χ1) is 15.0. The summed E-state index contributed by atoms with van der Waals surface area (Å²) in [6, 6.07) is 7.74. The maximum absolute atomic E-state index is 12.4. The molecule has 0 aliphatic rings. The van der Waals surface area contributed by atoms with Gasteiger partial charge in [-0.25, -0.2) is 8.42 Å². The fourth-order valence-electron chi connectivity index (χ4n) is 3.31. The van der Waals surface area contributed by atoms with E-state index in [0.29, 0.717) is 12.8 Å². The van der Waals surface area contributed by atoms with Crippen LogP contribution in [0.15, 0.2) is 30.3 Å². The molecule has 0 aromatic heterocycles. The Kier molecular flexibility index (Phi) is 12.3. The zero-order chi connectivity index (χ0) is 24.3. The van der Waals surface area contributed by atoms with Crippen molar-refractivity contribution in [1.82, 2.24) is 21.3 Å². The van der Waals surface area contributed by atoms with Crippen LogP contribution in [0.3, 0.4) is 0 Å². The average Bonchev–Trinajstić information content (AvgIpc) is 2.74. The van der Waals surface area contributed by atoms with Crippen molar-refractivity contribution in [1.29, 1.82) is 0 Å². The summed E-state index contributed by atoms with van der Waals surface area (Å²) in [4.78, 5) is 12.4. The van der Waals surface area contributed by atoms with E-state index in [9.17, 15) is 28.5 Å². The molecule has 0 radical (unpaired) electrons. The topological polar surface area (TPSA) is 160 Å². The van der Waals surface area contributed by atoms with E-state index in [-0.39, 0.29) is 18.3 Å². The van der Waals surface area contributed by atoms with Crippen LogP contribution >= 0.6 is 0 Å². The normalized spacial score (nSPS) is 17.7. The van der Waals surface area contributed by atoms with Gasteiger partial charge in [0.15, 0.2) is 0 Å². The maximum Gasteiger partial charge on any atom is 0.250 e. The highest BCUT2D eigenvalue weighted by Gasteiger charge is 2.30. The van der Waals surface area contributed by atoms with Gasteiger partial charge in [-0.2, -0.15) is 0 Å². The number of aliphatic hydroxyl groups excluding tert-OH is 3. The second kappa shape index (κ2) is 13.8. The van der Waals surface area contributed by atoms with E-state index >= 15 is 0 Å². The minimum Gasteiger partial charge on any atom is -0.382 e. The lowest BCUT2D eigenvalue weighted by Crippen LogP contribution is -2.58. The fourth-order valence-corrected chi connectivity index (χ4v) is 4.31. The number of nitrogens with one attached hydrogen (secondary N) is 4. The van der Waals surface area contributed by atoms with Gasteiger partial charge >= 0.3 is 0 Å². The number of carbonyl (C=O) groups excluding carboxylic acids is 1. The molecular weight excluding hydrogens is 436 g/mol. The maximum atomic E-state index is 12.4. The van der Waals surface area contributed by atoms with Gasteiger partial charge in [-0.15, -0.1) is 0 Å². The Morgan fingerprint density at radius 3 is 2.22 bits per heavy atom. The Morgan fingerprint density at radius 2 is 1.69 bits per heavy atom. The van der Waals surface area contributed by atoms with E-state index in [1.165, 1.54) is 7.05 Å². The van der Waals surface area contributed by atoms with E-state index < -0.39 is 46.4 Å².